The number of nitrogens with one attached hydrogen (secondary N) is 1. The molecule has 8 heteroatoms. The van der Waals surface area contributed by atoms with Crippen molar-refractivity contribution >= 4 is 40.0 Å². The Balaban J connectivity index is 0. The van der Waals surface area contributed by atoms with E-state index >= 15 is 0 Å². The predicted octanol–water partition coefficient (Wildman–Crippen LogP) is 0.756. The molecule has 0 saturated carbocycles. The number of rotatable bonds is 8. The van der Waals surface area contributed by atoms with Crippen LogP contribution in [0.5, 0.6) is 0 Å². The predicted molar refractivity (Wildman–Crippen MR) is 91.4 cm³/mol. The van der Waals surface area contributed by atoms with Gasteiger partial charge in [0.1, 0.15) is 0 Å². The molecule has 0 aromatic carbocycles. The molecule has 0 aromatic rings. The van der Waals surface area contributed by atoms with Crippen LogP contribution < -0.4 is 11.1 Å². The molecule has 0 radical (unpaired) electrons. The third-order valence-electron chi connectivity index (χ3n) is 2.23. The molecule has 0 heterocycles. The van der Waals surface area contributed by atoms with E-state index in [9.17, 15) is 8.42 Å². The fraction of sp³-hybridized carbons (Fsp3) is 0.727. The second-order valence-corrected chi connectivity index (χ2v) is 6.18. The van der Waals surface area contributed by atoms with Crippen LogP contribution in [0.15, 0.2) is 17.1 Å². The largest absolute Gasteiger partial charge is 0.370 e. The Morgan fingerprint density at radius 1 is 1.47 bits per heavy atom. The van der Waals surface area contributed by atoms with Gasteiger partial charge in [-0.2, -0.15) is 0 Å². The van der Waals surface area contributed by atoms with Gasteiger partial charge < -0.3 is 11.1 Å². The van der Waals surface area contributed by atoms with Gasteiger partial charge in [-0.25, -0.2) is 17.7 Å². The van der Waals surface area contributed by atoms with E-state index in [1.807, 2.05) is 13.8 Å². The van der Waals surface area contributed by atoms with Crippen molar-refractivity contribution in [3.63, 3.8) is 0 Å². The van der Waals surface area contributed by atoms with Crippen LogP contribution in [-0.2, 0) is 10.0 Å². The Morgan fingerprint density at radius 2 is 2.05 bits per heavy atom. The van der Waals surface area contributed by atoms with Gasteiger partial charge in [0.15, 0.2) is 5.96 Å². The monoisotopic (exact) mass is 404 g/mol. The molecule has 0 rings (SSSR count). The standard InChI is InChI=1S/C11H24N4O2S.HI/c1-5-15(18(4,16)17)8-6-7-13-11(12)14-9-10(2)3;/h2,5-9H2,1,3-4H3,(H3,12,13,14);1H. The van der Waals surface area contributed by atoms with Crippen LogP contribution in [0.1, 0.15) is 20.3 Å². The Hall–Kier alpha value is -0.350. The summed E-state index contributed by atoms with van der Waals surface area (Å²) < 4.78 is 24.1. The number of hydrogen-bond donors (Lipinski definition) is 2. The minimum absolute atomic E-state index is 0. The van der Waals surface area contributed by atoms with Crippen molar-refractivity contribution in [2.75, 3.05) is 32.4 Å². The number of aliphatic imine (C=N–C) groups is 1. The zero-order chi connectivity index (χ0) is 14.2. The van der Waals surface area contributed by atoms with Crippen LogP contribution in [0.2, 0.25) is 0 Å². The van der Waals surface area contributed by atoms with E-state index in [2.05, 4.69) is 16.9 Å². The molecule has 0 amide bonds. The normalized spacial score (nSPS) is 12.1. The second kappa shape index (κ2) is 10.4. The van der Waals surface area contributed by atoms with E-state index in [1.165, 1.54) is 10.6 Å². The lowest BCUT2D eigenvalue weighted by atomic mass is 10.4. The van der Waals surface area contributed by atoms with Gasteiger partial charge in [0.25, 0.3) is 0 Å². The first kappa shape index (κ1) is 21.0. The number of guanidine groups is 1. The summed E-state index contributed by atoms with van der Waals surface area (Å²) in [4.78, 5) is 4.06. The minimum Gasteiger partial charge on any atom is -0.370 e. The molecule has 0 fully saturated rings. The molecule has 114 valence electrons. The van der Waals surface area contributed by atoms with Gasteiger partial charge in [-0.05, 0) is 13.3 Å². The molecule has 0 saturated heterocycles. The van der Waals surface area contributed by atoms with Crippen molar-refractivity contribution in [1.82, 2.24) is 9.62 Å². The number of nitrogens with zero attached hydrogens (tertiary/aromatic N) is 2. The maximum atomic E-state index is 11.3. The Labute approximate surface area is 133 Å². The average molecular weight is 404 g/mol. The smallest absolute Gasteiger partial charge is 0.211 e. The molecule has 0 aliphatic carbocycles. The fourth-order valence-electron chi connectivity index (χ4n) is 1.31. The summed E-state index contributed by atoms with van der Waals surface area (Å²) in [5, 5.41) is 2.93. The lowest BCUT2D eigenvalue weighted by Crippen LogP contribution is -2.36. The van der Waals surface area contributed by atoms with Crippen LogP contribution in [0.3, 0.4) is 0 Å². The van der Waals surface area contributed by atoms with Gasteiger partial charge in [0.2, 0.25) is 10.0 Å². The van der Waals surface area contributed by atoms with Crippen LogP contribution in [-0.4, -0.2) is 51.1 Å². The maximum absolute atomic E-state index is 11.3. The van der Waals surface area contributed by atoms with E-state index in [0.29, 0.717) is 38.6 Å². The second-order valence-electron chi connectivity index (χ2n) is 4.19. The van der Waals surface area contributed by atoms with Crippen molar-refractivity contribution in [1.29, 1.82) is 0 Å². The fourth-order valence-corrected chi connectivity index (χ4v) is 2.24. The third kappa shape index (κ3) is 11.2. The molecular formula is C11H25IN4O2S. The molecule has 0 aliphatic heterocycles. The van der Waals surface area contributed by atoms with E-state index in [4.69, 9.17) is 5.73 Å². The highest BCUT2D eigenvalue weighted by Crippen LogP contribution is 1.98. The molecule has 0 bridgehead atoms. The van der Waals surface area contributed by atoms with E-state index < -0.39 is 10.0 Å². The molecule has 3 N–H and O–H groups in total. The number of halogens is 1. The van der Waals surface area contributed by atoms with Crippen molar-refractivity contribution in [3.05, 3.63) is 12.2 Å². The van der Waals surface area contributed by atoms with Gasteiger partial charge in [-0.15, -0.1) is 24.0 Å². The third-order valence-corrected chi connectivity index (χ3v) is 3.61. The van der Waals surface area contributed by atoms with Gasteiger partial charge in [-0.1, -0.05) is 19.1 Å². The van der Waals surface area contributed by atoms with Crippen LogP contribution in [0.25, 0.3) is 0 Å². The molecule has 0 unspecified atom stereocenters. The summed E-state index contributed by atoms with van der Waals surface area (Å²) in [5.74, 6) is 0.361. The van der Waals surface area contributed by atoms with Crippen LogP contribution in [0, 0.1) is 0 Å². The lowest BCUT2D eigenvalue weighted by Gasteiger charge is -2.17. The average Bonchev–Trinajstić information content (AvgIpc) is 2.24. The number of nitrogens with two attached hydrogens (primary N) is 1. The highest BCUT2D eigenvalue weighted by atomic mass is 127. The van der Waals surface area contributed by atoms with E-state index in [-0.39, 0.29) is 24.0 Å². The summed E-state index contributed by atoms with van der Waals surface area (Å²) in [6.07, 6.45) is 1.90. The van der Waals surface area contributed by atoms with Gasteiger partial charge in [-0.3, -0.25) is 0 Å². The summed E-state index contributed by atoms with van der Waals surface area (Å²) in [6, 6.07) is 0. The van der Waals surface area contributed by atoms with Crippen molar-refractivity contribution in [2.24, 2.45) is 10.7 Å². The molecule has 0 aromatic heterocycles. The Kier molecular flexibility index (Phi) is 11.5. The molecule has 19 heavy (non-hydrogen) atoms. The molecule has 0 aliphatic rings. The van der Waals surface area contributed by atoms with Crippen LogP contribution >= 0.6 is 24.0 Å². The van der Waals surface area contributed by atoms with Gasteiger partial charge >= 0.3 is 0 Å². The highest BCUT2D eigenvalue weighted by molar-refractivity contribution is 14.0. The summed E-state index contributed by atoms with van der Waals surface area (Å²) >= 11 is 0. The van der Waals surface area contributed by atoms with Gasteiger partial charge in [0, 0.05) is 19.6 Å². The van der Waals surface area contributed by atoms with E-state index in [1.54, 1.807) is 0 Å². The number of hydrogen-bond acceptors (Lipinski definition) is 3. The topological polar surface area (TPSA) is 87.8 Å². The summed E-state index contributed by atoms with van der Waals surface area (Å²) in [5.41, 5.74) is 6.56. The first-order valence-electron chi connectivity index (χ1n) is 5.90. The molecule has 6 nitrogen and oxygen atoms in total. The maximum Gasteiger partial charge on any atom is 0.211 e. The van der Waals surface area contributed by atoms with Crippen LogP contribution in [0.4, 0.5) is 0 Å². The molecular weight excluding hydrogens is 379 g/mol. The zero-order valence-corrected chi connectivity index (χ0v) is 15.0. The Morgan fingerprint density at radius 3 is 2.47 bits per heavy atom. The van der Waals surface area contributed by atoms with Crippen molar-refractivity contribution in [3.8, 4) is 0 Å². The van der Waals surface area contributed by atoms with Crippen molar-refractivity contribution in [2.45, 2.75) is 20.3 Å². The summed E-state index contributed by atoms with van der Waals surface area (Å²) in [7, 11) is -3.10. The zero-order valence-electron chi connectivity index (χ0n) is 11.8. The Bertz CT molecular complexity index is 395. The molecule has 0 spiro atoms. The quantitative estimate of drug-likeness (QED) is 0.206. The first-order chi connectivity index (χ1) is 8.27. The van der Waals surface area contributed by atoms with Gasteiger partial charge in [0.05, 0.1) is 12.8 Å². The SMILES string of the molecule is C=C(C)CN=C(N)NCCCN(CC)S(C)(=O)=O.I. The number of sulfonamides is 1. The first-order valence-corrected chi connectivity index (χ1v) is 7.75. The summed E-state index contributed by atoms with van der Waals surface area (Å²) in [6.45, 7) is 9.48. The highest BCUT2D eigenvalue weighted by Gasteiger charge is 2.12. The van der Waals surface area contributed by atoms with E-state index in [0.717, 1.165) is 5.57 Å². The minimum atomic E-state index is -3.10. The molecule has 0 atom stereocenters. The lowest BCUT2D eigenvalue weighted by molar-refractivity contribution is 0.424. The van der Waals surface area contributed by atoms with Crippen molar-refractivity contribution < 1.29 is 8.42 Å².